The van der Waals surface area contributed by atoms with Gasteiger partial charge in [-0.2, -0.15) is 0 Å². The fraction of sp³-hybridized carbons (Fsp3) is 0.667. The Bertz CT molecular complexity index is 452. The summed E-state index contributed by atoms with van der Waals surface area (Å²) in [6.07, 6.45) is 1.17. The number of nitrogens with one attached hydrogen (secondary N) is 1. The fourth-order valence-corrected chi connectivity index (χ4v) is 3.33. The van der Waals surface area contributed by atoms with Crippen LogP contribution in [0.25, 0.3) is 0 Å². The first kappa shape index (κ1) is 16.3. The molecule has 21 heavy (non-hydrogen) atoms. The molecule has 0 radical (unpaired) electrons. The first-order chi connectivity index (χ1) is 9.83. The zero-order chi connectivity index (χ0) is 15.5. The lowest BCUT2D eigenvalue weighted by Gasteiger charge is -2.48. The normalized spacial score (nSPS) is 20.5. The molecule has 1 N–H and O–H groups in total. The van der Waals surface area contributed by atoms with Crippen molar-refractivity contribution in [1.29, 1.82) is 0 Å². The van der Waals surface area contributed by atoms with Crippen LogP contribution in [0.5, 0.6) is 0 Å². The Morgan fingerprint density at radius 2 is 1.71 bits per heavy atom. The first-order valence-corrected chi connectivity index (χ1v) is 8.07. The van der Waals surface area contributed by atoms with Crippen molar-refractivity contribution >= 4 is 5.69 Å². The van der Waals surface area contributed by atoms with E-state index in [2.05, 4.69) is 69.1 Å². The summed E-state index contributed by atoms with van der Waals surface area (Å²) in [6.45, 7) is 14.8. The third-order valence-electron chi connectivity index (χ3n) is 3.77. The van der Waals surface area contributed by atoms with Gasteiger partial charge < -0.3 is 15.0 Å². The molecule has 0 spiro atoms. The highest BCUT2D eigenvalue weighted by atomic mass is 16.5. The number of anilines is 1. The SMILES string of the molecule is CCCNCc1ccccc1N1CC(C)(C)OC(C)(C)C1. The Hall–Kier alpha value is -1.06. The molecule has 1 saturated heterocycles. The minimum Gasteiger partial charge on any atom is -0.366 e. The maximum atomic E-state index is 6.19. The Kier molecular flexibility index (Phi) is 4.95. The number of ether oxygens (including phenoxy) is 1. The maximum Gasteiger partial charge on any atom is 0.0808 e. The van der Waals surface area contributed by atoms with Gasteiger partial charge in [-0.15, -0.1) is 0 Å². The van der Waals surface area contributed by atoms with Crippen molar-refractivity contribution in [3.05, 3.63) is 29.8 Å². The van der Waals surface area contributed by atoms with Gasteiger partial charge >= 0.3 is 0 Å². The number of para-hydroxylation sites is 1. The van der Waals surface area contributed by atoms with Gasteiger partial charge in [-0.25, -0.2) is 0 Å². The summed E-state index contributed by atoms with van der Waals surface area (Å²) in [6, 6.07) is 8.73. The first-order valence-electron chi connectivity index (χ1n) is 8.07. The molecule has 0 amide bonds. The fourth-order valence-electron chi connectivity index (χ4n) is 3.33. The minimum absolute atomic E-state index is 0.119. The van der Waals surface area contributed by atoms with E-state index in [0.29, 0.717) is 0 Å². The number of rotatable bonds is 5. The van der Waals surface area contributed by atoms with Gasteiger partial charge in [-0.05, 0) is 52.3 Å². The van der Waals surface area contributed by atoms with E-state index in [9.17, 15) is 0 Å². The Balaban J connectivity index is 2.20. The van der Waals surface area contributed by atoms with Gasteiger partial charge in [0.2, 0.25) is 0 Å². The van der Waals surface area contributed by atoms with Crippen LogP contribution in [0.4, 0.5) is 5.69 Å². The highest BCUT2D eigenvalue weighted by Crippen LogP contribution is 2.32. The molecule has 0 unspecified atom stereocenters. The van der Waals surface area contributed by atoms with Gasteiger partial charge in [0.1, 0.15) is 0 Å². The van der Waals surface area contributed by atoms with Gasteiger partial charge in [0.05, 0.1) is 11.2 Å². The Morgan fingerprint density at radius 3 is 2.33 bits per heavy atom. The quantitative estimate of drug-likeness (QED) is 0.839. The van der Waals surface area contributed by atoms with E-state index in [0.717, 1.165) is 26.2 Å². The minimum atomic E-state index is -0.119. The molecule has 1 fully saturated rings. The molecule has 1 aromatic rings. The van der Waals surface area contributed by atoms with Crippen LogP contribution in [0.3, 0.4) is 0 Å². The van der Waals surface area contributed by atoms with E-state index < -0.39 is 0 Å². The van der Waals surface area contributed by atoms with Crippen LogP contribution in [0.15, 0.2) is 24.3 Å². The number of hydrogen-bond acceptors (Lipinski definition) is 3. The molecule has 0 aliphatic carbocycles. The van der Waals surface area contributed by atoms with E-state index >= 15 is 0 Å². The second-order valence-corrected chi connectivity index (χ2v) is 7.28. The molecule has 0 aromatic heterocycles. The van der Waals surface area contributed by atoms with Crippen molar-refractivity contribution in [3.63, 3.8) is 0 Å². The molecule has 1 aliphatic heterocycles. The highest BCUT2D eigenvalue weighted by Gasteiger charge is 2.38. The summed E-state index contributed by atoms with van der Waals surface area (Å²) in [5, 5.41) is 3.51. The number of nitrogens with zero attached hydrogens (tertiary/aromatic N) is 1. The van der Waals surface area contributed by atoms with Crippen molar-refractivity contribution in [2.45, 2.75) is 58.8 Å². The molecule has 0 atom stereocenters. The topological polar surface area (TPSA) is 24.5 Å². The third-order valence-corrected chi connectivity index (χ3v) is 3.77. The van der Waals surface area contributed by atoms with Crippen molar-refractivity contribution in [2.75, 3.05) is 24.5 Å². The van der Waals surface area contributed by atoms with Crippen molar-refractivity contribution in [3.8, 4) is 0 Å². The Morgan fingerprint density at radius 1 is 1.10 bits per heavy atom. The van der Waals surface area contributed by atoms with E-state index in [4.69, 9.17) is 4.74 Å². The Labute approximate surface area is 129 Å². The molecule has 1 aromatic carbocycles. The van der Waals surface area contributed by atoms with Crippen LogP contribution < -0.4 is 10.2 Å². The predicted octanol–water partition coefficient (Wildman–Crippen LogP) is 3.58. The zero-order valence-corrected chi connectivity index (χ0v) is 14.2. The monoisotopic (exact) mass is 290 g/mol. The van der Waals surface area contributed by atoms with Gasteiger partial charge in [0.15, 0.2) is 0 Å². The van der Waals surface area contributed by atoms with Crippen molar-refractivity contribution < 1.29 is 4.74 Å². The lowest BCUT2D eigenvalue weighted by atomic mass is 9.97. The van der Waals surface area contributed by atoms with Gasteiger partial charge in [0.25, 0.3) is 0 Å². The predicted molar refractivity (Wildman–Crippen MR) is 89.9 cm³/mol. The van der Waals surface area contributed by atoms with Crippen LogP contribution in [-0.4, -0.2) is 30.8 Å². The summed E-state index contributed by atoms with van der Waals surface area (Å²) in [7, 11) is 0. The van der Waals surface area contributed by atoms with E-state index in [-0.39, 0.29) is 11.2 Å². The molecule has 2 rings (SSSR count). The number of hydrogen-bond donors (Lipinski definition) is 1. The molecular formula is C18H30N2O. The molecule has 0 saturated carbocycles. The third kappa shape index (κ3) is 4.45. The van der Waals surface area contributed by atoms with Crippen LogP contribution in [0, 0.1) is 0 Å². The average molecular weight is 290 g/mol. The number of benzene rings is 1. The second kappa shape index (κ2) is 6.37. The van der Waals surface area contributed by atoms with Crippen LogP contribution >= 0.6 is 0 Å². The van der Waals surface area contributed by atoms with E-state index in [1.54, 1.807) is 0 Å². The summed E-state index contributed by atoms with van der Waals surface area (Å²) in [4.78, 5) is 2.48. The smallest absolute Gasteiger partial charge is 0.0808 e. The molecule has 1 heterocycles. The molecule has 3 heteroatoms. The molecule has 118 valence electrons. The van der Waals surface area contributed by atoms with Gasteiger partial charge in [0, 0.05) is 25.3 Å². The number of morpholine rings is 1. The van der Waals surface area contributed by atoms with Crippen LogP contribution in [0.2, 0.25) is 0 Å². The van der Waals surface area contributed by atoms with E-state index in [1.165, 1.54) is 17.7 Å². The summed E-state index contributed by atoms with van der Waals surface area (Å²) in [5.41, 5.74) is 2.47. The lowest BCUT2D eigenvalue weighted by Crippen LogP contribution is -2.57. The standard InChI is InChI=1S/C18H30N2O/c1-6-11-19-12-15-9-7-8-10-16(15)20-13-17(2,3)21-18(4,5)14-20/h7-10,19H,6,11-14H2,1-5H3. The van der Waals surface area contributed by atoms with E-state index in [1.807, 2.05) is 0 Å². The summed E-state index contributed by atoms with van der Waals surface area (Å²) in [5.74, 6) is 0. The molecule has 0 bridgehead atoms. The van der Waals surface area contributed by atoms with Gasteiger partial charge in [-0.3, -0.25) is 0 Å². The summed E-state index contributed by atoms with van der Waals surface area (Å²) < 4.78 is 6.19. The summed E-state index contributed by atoms with van der Waals surface area (Å²) >= 11 is 0. The average Bonchev–Trinajstić information content (AvgIpc) is 2.36. The second-order valence-electron chi connectivity index (χ2n) is 7.28. The van der Waals surface area contributed by atoms with Crippen molar-refractivity contribution in [1.82, 2.24) is 5.32 Å². The van der Waals surface area contributed by atoms with Crippen molar-refractivity contribution in [2.24, 2.45) is 0 Å². The zero-order valence-electron chi connectivity index (χ0n) is 14.2. The lowest BCUT2D eigenvalue weighted by molar-refractivity contribution is -0.133. The van der Waals surface area contributed by atoms with Crippen LogP contribution in [-0.2, 0) is 11.3 Å². The highest BCUT2D eigenvalue weighted by molar-refractivity contribution is 5.54. The maximum absolute atomic E-state index is 6.19. The van der Waals surface area contributed by atoms with Gasteiger partial charge in [-0.1, -0.05) is 25.1 Å². The molecule has 3 nitrogen and oxygen atoms in total. The molecular weight excluding hydrogens is 260 g/mol. The largest absolute Gasteiger partial charge is 0.366 e. The van der Waals surface area contributed by atoms with Crippen LogP contribution in [0.1, 0.15) is 46.6 Å². The molecule has 1 aliphatic rings.